The standard InChI is InChI=1S/C22H30N4O4S/c1-5-26(6-2)13-14-30-18-9-7-17(8-10-18)16-23-31(28,29)19-11-12-20-21(15-19)25(4)22(27)24(20)3/h7-12,15,23H,5-6,13-14,16H2,1-4H3. The molecular weight excluding hydrogens is 416 g/mol. The van der Waals surface area contributed by atoms with E-state index in [4.69, 9.17) is 4.74 Å². The second-order valence-corrected chi connectivity index (χ2v) is 9.16. The van der Waals surface area contributed by atoms with Crippen LogP contribution < -0.4 is 15.1 Å². The van der Waals surface area contributed by atoms with E-state index in [-0.39, 0.29) is 17.1 Å². The van der Waals surface area contributed by atoms with Crippen molar-refractivity contribution in [2.45, 2.75) is 25.3 Å². The summed E-state index contributed by atoms with van der Waals surface area (Å²) in [4.78, 5) is 14.5. The highest BCUT2D eigenvalue weighted by Crippen LogP contribution is 2.18. The first-order valence-electron chi connectivity index (χ1n) is 10.4. The molecule has 1 aromatic heterocycles. The molecule has 2 aromatic carbocycles. The molecule has 9 heteroatoms. The SMILES string of the molecule is CCN(CC)CCOc1ccc(CNS(=O)(=O)c2ccc3c(c2)n(C)c(=O)n3C)cc1. The van der Waals surface area contributed by atoms with Gasteiger partial charge in [0.15, 0.2) is 0 Å². The van der Waals surface area contributed by atoms with Gasteiger partial charge in [-0.25, -0.2) is 17.9 Å². The number of hydrogen-bond donors (Lipinski definition) is 1. The smallest absolute Gasteiger partial charge is 0.328 e. The zero-order valence-electron chi connectivity index (χ0n) is 18.5. The number of benzene rings is 2. The second kappa shape index (κ2) is 9.67. The highest BCUT2D eigenvalue weighted by atomic mass is 32.2. The van der Waals surface area contributed by atoms with Crippen LogP contribution in [0.5, 0.6) is 5.75 Å². The van der Waals surface area contributed by atoms with Crippen LogP contribution in [0.15, 0.2) is 52.2 Å². The minimum absolute atomic E-state index is 0.123. The lowest BCUT2D eigenvalue weighted by molar-refractivity contribution is 0.223. The van der Waals surface area contributed by atoms with Gasteiger partial charge in [0.25, 0.3) is 0 Å². The van der Waals surface area contributed by atoms with Gasteiger partial charge in [-0.2, -0.15) is 0 Å². The Balaban J connectivity index is 1.63. The first-order chi connectivity index (χ1) is 14.8. The van der Waals surface area contributed by atoms with Crippen LogP contribution in [0.4, 0.5) is 0 Å². The molecular formula is C22H30N4O4S. The molecule has 8 nitrogen and oxygen atoms in total. The molecule has 0 radical (unpaired) electrons. The molecule has 0 aliphatic heterocycles. The van der Waals surface area contributed by atoms with Crippen molar-refractivity contribution in [3.63, 3.8) is 0 Å². The van der Waals surface area contributed by atoms with Crippen LogP contribution in [0.3, 0.4) is 0 Å². The van der Waals surface area contributed by atoms with E-state index in [1.54, 1.807) is 20.2 Å². The molecule has 0 aliphatic rings. The summed E-state index contributed by atoms with van der Waals surface area (Å²) in [6, 6.07) is 12.1. The van der Waals surface area contributed by atoms with Crippen LogP contribution in [-0.4, -0.2) is 48.7 Å². The quantitative estimate of drug-likeness (QED) is 0.515. The summed E-state index contributed by atoms with van der Waals surface area (Å²) in [6.07, 6.45) is 0. The fraction of sp³-hybridized carbons (Fsp3) is 0.409. The lowest BCUT2D eigenvalue weighted by Crippen LogP contribution is -2.27. The van der Waals surface area contributed by atoms with Gasteiger partial charge >= 0.3 is 5.69 Å². The van der Waals surface area contributed by atoms with E-state index in [1.807, 2.05) is 24.3 Å². The van der Waals surface area contributed by atoms with Crippen molar-refractivity contribution in [3.05, 3.63) is 58.5 Å². The second-order valence-electron chi connectivity index (χ2n) is 7.39. The van der Waals surface area contributed by atoms with E-state index in [1.165, 1.54) is 21.3 Å². The van der Waals surface area contributed by atoms with Crippen LogP contribution in [-0.2, 0) is 30.7 Å². The number of likely N-dealkylation sites (N-methyl/N-ethyl adjacent to an activating group) is 1. The number of aromatic nitrogens is 2. The summed E-state index contributed by atoms with van der Waals surface area (Å²) in [5.41, 5.74) is 1.88. The maximum atomic E-state index is 12.7. The van der Waals surface area contributed by atoms with Gasteiger partial charge in [-0.15, -0.1) is 0 Å². The number of nitrogens with zero attached hydrogens (tertiary/aromatic N) is 3. The van der Waals surface area contributed by atoms with Crippen LogP contribution in [0.2, 0.25) is 0 Å². The molecule has 0 aliphatic carbocycles. The molecule has 0 amide bonds. The van der Waals surface area contributed by atoms with Crippen LogP contribution in [0.25, 0.3) is 11.0 Å². The molecule has 0 fully saturated rings. The largest absolute Gasteiger partial charge is 0.492 e. The molecule has 1 heterocycles. The minimum atomic E-state index is -3.72. The topological polar surface area (TPSA) is 85.6 Å². The predicted octanol–water partition coefficient (Wildman–Crippen LogP) is 2.08. The van der Waals surface area contributed by atoms with E-state index in [2.05, 4.69) is 23.5 Å². The average Bonchev–Trinajstić information content (AvgIpc) is 3.00. The number of rotatable bonds is 10. The van der Waals surface area contributed by atoms with Crippen molar-refractivity contribution in [1.29, 1.82) is 0 Å². The van der Waals surface area contributed by atoms with Crippen molar-refractivity contribution < 1.29 is 13.2 Å². The molecule has 3 rings (SSSR count). The Hall–Kier alpha value is -2.62. The molecule has 0 unspecified atom stereocenters. The normalized spacial score (nSPS) is 12.0. The van der Waals surface area contributed by atoms with Crippen LogP contribution >= 0.6 is 0 Å². The third-order valence-electron chi connectivity index (χ3n) is 5.51. The maximum absolute atomic E-state index is 12.7. The van der Waals surface area contributed by atoms with E-state index < -0.39 is 10.0 Å². The third-order valence-corrected chi connectivity index (χ3v) is 6.91. The summed E-state index contributed by atoms with van der Waals surface area (Å²) in [6.45, 7) is 7.87. The number of hydrogen-bond acceptors (Lipinski definition) is 5. The molecule has 1 N–H and O–H groups in total. The van der Waals surface area contributed by atoms with Crippen LogP contribution in [0, 0.1) is 0 Å². The van der Waals surface area contributed by atoms with Crippen molar-refractivity contribution >= 4 is 21.1 Å². The van der Waals surface area contributed by atoms with Crippen molar-refractivity contribution in [2.75, 3.05) is 26.2 Å². The highest BCUT2D eigenvalue weighted by Gasteiger charge is 2.17. The first kappa shape index (κ1) is 23.1. The predicted molar refractivity (Wildman–Crippen MR) is 122 cm³/mol. The number of imidazole rings is 1. The fourth-order valence-electron chi connectivity index (χ4n) is 3.45. The Labute approximate surface area is 183 Å². The number of sulfonamides is 1. The lowest BCUT2D eigenvalue weighted by atomic mass is 10.2. The van der Waals surface area contributed by atoms with Gasteiger partial charge in [-0.1, -0.05) is 26.0 Å². The van der Waals surface area contributed by atoms with E-state index in [0.717, 1.165) is 30.9 Å². The molecule has 0 atom stereocenters. The van der Waals surface area contributed by atoms with E-state index in [0.29, 0.717) is 17.6 Å². The Morgan fingerprint density at radius 1 is 0.968 bits per heavy atom. The fourth-order valence-corrected chi connectivity index (χ4v) is 4.49. The minimum Gasteiger partial charge on any atom is -0.492 e. The van der Waals surface area contributed by atoms with Gasteiger partial charge in [0.2, 0.25) is 10.0 Å². The van der Waals surface area contributed by atoms with Gasteiger partial charge in [-0.05, 0) is 49.0 Å². The Morgan fingerprint density at radius 3 is 2.26 bits per heavy atom. The lowest BCUT2D eigenvalue weighted by Gasteiger charge is -2.18. The number of ether oxygens (including phenoxy) is 1. The van der Waals surface area contributed by atoms with Gasteiger partial charge in [0, 0.05) is 27.2 Å². The van der Waals surface area contributed by atoms with E-state index >= 15 is 0 Å². The van der Waals surface area contributed by atoms with E-state index in [9.17, 15) is 13.2 Å². The average molecular weight is 447 g/mol. The first-order valence-corrected chi connectivity index (χ1v) is 11.8. The van der Waals surface area contributed by atoms with Gasteiger partial charge in [-0.3, -0.25) is 9.13 Å². The molecule has 0 spiro atoms. The molecule has 0 bridgehead atoms. The number of aryl methyl sites for hydroxylation is 2. The molecule has 0 saturated heterocycles. The zero-order chi connectivity index (χ0) is 22.6. The van der Waals surface area contributed by atoms with Gasteiger partial charge < -0.3 is 9.64 Å². The molecule has 0 saturated carbocycles. The summed E-state index contributed by atoms with van der Waals surface area (Å²) in [5, 5.41) is 0. The number of nitrogens with one attached hydrogen (secondary N) is 1. The highest BCUT2D eigenvalue weighted by molar-refractivity contribution is 7.89. The number of fused-ring (bicyclic) bond motifs is 1. The summed E-state index contributed by atoms with van der Waals surface area (Å²) in [5.74, 6) is 0.759. The van der Waals surface area contributed by atoms with Crippen molar-refractivity contribution in [2.24, 2.45) is 14.1 Å². The monoisotopic (exact) mass is 446 g/mol. The van der Waals surface area contributed by atoms with Gasteiger partial charge in [0.05, 0.1) is 15.9 Å². The van der Waals surface area contributed by atoms with Crippen molar-refractivity contribution in [1.82, 2.24) is 18.8 Å². The molecule has 31 heavy (non-hydrogen) atoms. The zero-order valence-corrected chi connectivity index (χ0v) is 19.3. The molecule has 3 aromatic rings. The van der Waals surface area contributed by atoms with Crippen LogP contribution in [0.1, 0.15) is 19.4 Å². The van der Waals surface area contributed by atoms with Crippen molar-refractivity contribution in [3.8, 4) is 5.75 Å². The maximum Gasteiger partial charge on any atom is 0.328 e. The van der Waals surface area contributed by atoms with Gasteiger partial charge in [0.1, 0.15) is 12.4 Å². The Kier molecular flexibility index (Phi) is 7.19. The summed E-state index contributed by atoms with van der Waals surface area (Å²) >= 11 is 0. The Morgan fingerprint density at radius 2 is 1.61 bits per heavy atom. The molecule has 168 valence electrons. The Bertz CT molecular complexity index is 1190. The summed E-state index contributed by atoms with van der Waals surface area (Å²) in [7, 11) is -0.435. The third kappa shape index (κ3) is 5.17. The summed E-state index contributed by atoms with van der Waals surface area (Å²) < 4.78 is 36.8.